The maximum Gasteiger partial charge on any atom is 0.289 e. The first-order chi connectivity index (χ1) is 11.4. The number of carbonyl (C=O) groups is 1. The van der Waals surface area contributed by atoms with Crippen molar-refractivity contribution in [3.05, 3.63) is 53.8 Å². The predicted molar refractivity (Wildman–Crippen MR) is 87.7 cm³/mol. The highest BCUT2D eigenvalue weighted by Gasteiger charge is 2.36. The lowest BCUT2D eigenvalue weighted by Gasteiger charge is -2.16. The second-order valence-corrected chi connectivity index (χ2v) is 7.38. The van der Waals surface area contributed by atoms with Gasteiger partial charge < -0.3 is 15.1 Å². The van der Waals surface area contributed by atoms with Crippen molar-refractivity contribution in [2.75, 3.05) is 19.6 Å². The summed E-state index contributed by atoms with van der Waals surface area (Å²) in [4.78, 5) is 14.2. The maximum atomic E-state index is 12.6. The highest BCUT2D eigenvalue weighted by Crippen LogP contribution is 2.33. The first kappa shape index (κ1) is 16.7. The normalized spacial score (nSPS) is 21.2. The Bertz CT molecular complexity index is 832. The lowest BCUT2D eigenvalue weighted by atomic mass is 9.89. The lowest BCUT2D eigenvalue weighted by Crippen LogP contribution is -2.29. The number of nitrogens with two attached hydrogens (primary N) is 2. The number of sulfonamides is 1. The van der Waals surface area contributed by atoms with Gasteiger partial charge in [0.2, 0.25) is 5.09 Å². The summed E-state index contributed by atoms with van der Waals surface area (Å²) in [5, 5.41) is 4.59. The first-order valence-corrected chi connectivity index (χ1v) is 9.11. The Morgan fingerprint density at radius 2 is 1.88 bits per heavy atom. The van der Waals surface area contributed by atoms with Gasteiger partial charge in [0.05, 0.1) is 0 Å². The molecule has 2 heterocycles. The Balaban J connectivity index is 1.80. The minimum absolute atomic E-state index is 0.0384. The molecule has 1 fully saturated rings. The number of primary sulfonamides is 1. The number of amides is 1. The summed E-state index contributed by atoms with van der Waals surface area (Å²) >= 11 is 0. The number of furan rings is 1. The third-order valence-corrected chi connectivity index (χ3v) is 5.11. The number of hydrogen-bond acceptors (Lipinski definition) is 5. The summed E-state index contributed by atoms with van der Waals surface area (Å²) in [5.41, 5.74) is 7.00. The van der Waals surface area contributed by atoms with Crippen molar-refractivity contribution in [3.63, 3.8) is 0 Å². The summed E-state index contributed by atoms with van der Waals surface area (Å²) in [6, 6.07) is 12.4. The molecule has 1 aromatic heterocycles. The number of benzene rings is 1. The van der Waals surface area contributed by atoms with Gasteiger partial charge in [-0.3, -0.25) is 4.79 Å². The Labute approximate surface area is 140 Å². The Morgan fingerprint density at radius 3 is 2.46 bits per heavy atom. The third-order valence-electron chi connectivity index (χ3n) is 4.33. The fraction of sp³-hybridized carbons (Fsp3) is 0.312. The topological polar surface area (TPSA) is 120 Å². The van der Waals surface area contributed by atoms with Crippen molar-refractivity contribution >= 4 is 15.9 Å². The zero-order valence-electron chi connectivity index (χ0n) is 13.0. The Kier molecular flexibility index (Phi) is 4.44. The molecule has 2 aromatic rings. The Morgan fingerprint density at radius 1 is 1.17 bits per heavy atom. The molecular formula is C16H19N3O4S. The van der Waals surface area contributed by atoms with E-state index in [1.807, 2.05) is 30.3 Å². The standard InChI is InChI=1S/C16H19N3O4S/c17-8-12-9-19(10-13(12)11-4-2-1-3-5-11)16(20)14-6-7-15(23-14)24(18,21)22/h1-7,12-13H,8-10,17H2,(H2,18,21,22)/t12-,13+/m1/s1. The van der Waals surface area contributed by atoms with Gasteiger partial charge >= 0.3 is 0 Å². The van der Waals surface area contributed by atoms with Gasteiger partial charge in [-0.05, 0) is 30.2 Å². The van der Waals surface area contributed by atoms with Gasteiger partial charge in [-0.1, -0.05) is 30.3 Å². The average molecular weight is 349 g/mol. The molecule has 1 aliphatic heterocycles. The molecule has 1 aromatic carbocycles. The molecule has 8 heteroatoms. The van der Waals surface area contributed by atoms with E-state index >= 15 is 0 Å². The number of nitrogens with zero attached hydrogens (tertiary/aromatic N) is 1. The number of carbonyl (C=O) groups excluding carboxylic acids is 1. The van der Waals surface area contributed by atoms with E-state index in [1.165, 1.54) is 12.1 Å². The van der Waals surface area contributed by atoms with Crippen LogP contribution >= 0.6 is 0 Å². The van der Waals surface area contributed by atoms with E-state index in [0.29, 0.717) is 19.6 Å². The fourth-order valence-corrected chi connectivity index (χ4v) is 3.56. The van der Waals surface area contributed by atoms with Crippen LogP contribution in [0.15, 0.2) is 52.0 Å². The average Bonchev–Trinajstić information content (AvgIpc) is 3.22. The molecule has 3 rings (SSSR count). The predicted octanol–water partition coefficient (Wildman–Crippen LogP) is 0.742. The van der Waals surface area contributed by atoms with E-state index in [-0.39, 0.29) is 23.5 Å². The van der Waals surface area contributed by atoms with E-state index in [2.05, 4.69) is 0 Å². The molecule has 1 aliphatic rings. The number of rotatable bonds is 4. The maximum absolute atomic E-state index is 12.6. The van der Waals surface area contributed by atoms with Crippen LogP contribution in [0.4, 0.5) is 0 Å². The quantitative estimate of drug-likeness (QED) is 0.843. The molecule has 0 spiro atoms. The van der Waals surface area contributed by atoms with Crippen LogP contribution in [0.2, 0.25) is 0 Å². The molecule has 2 atom stereocenters. The molecule has 128 valence electrons. The molecule has 4 N–H and O–H groups in total. The van der Waals surface area contributed by atoms with Crippen molar-refractivity contribution in [2.24, 2.45) is 16.8 Å². The summed E-state index contributed by atoms with van der Waals surface area (Å²) in [5.74, 6) is -0.109. The van der Waals surface area contributed by atoms with Crippen LogP contribution in [0.25, 0.3) is 0 Å². The number of likely N-dealkylation sites (tertiary alicyclic amines) is 1. The molecule has 7 nitrogen and oxygen atoms in total. The summed E-state index contributed by atoms with van der Waals surface area (Å²) in [6.45, 7) is 1.47. The SMILES string of the molecule is NC[C@@H]1CN(C(=O)c2ccc(S(N)(=O)=O)o2)C[C@H]1c1ccccc1. The van der Waals surface area contributed by atoms with Crippen LogP contribution in [0, 0.1) is 5.92 Å². The minimum Gasteiger partial charge on any atom is -0.438 e. The lowest BCUT2D eigenvalue weighted by molar-refractivity contribution is 0.0749. The van der Waals surface area contributed by atoms with E-state index in [0.717, 1.165) is 5.56 Å². The van der Waals surface area contributed by atoms with Crippen molar-refractivity contribution in [2.45, 2.75) is 11.0 Å². The molecule has 1 saturated heterocycles. The van der Waals surface area contributed by atoms with E-state index < -0.39 is 15.1 Å². The molecule has 0 saturated carbocycles. The largest absolute Gasteiger partial charge is 0.438 e. The van der Waals surface area contributed by atoms with Crippen molar-refractivity contribution in [3.8, 4) is 0 Å². The summed E-state index contributed by atoms with van der Waals surface area (Å²) < 4.78 is 27.6. The second kappa shape index (κ2) is 6.39. The van der Waals surface area contributed by atoms with Crippen LogP contribution in [0.3, 0.4) is 0 Å². The van der Waals surface area contributed by atoms with Gasteiger partial charge in [0, 0.05) is 19.0 Å². The van der Waals surface area contributed by atoms with Gasteiger partial charge in [-0.2, -0.15) is 0 Å². The monoisotopic (exact) mass is 349 g/mol. The molecule has 0 bridgehead atoms. The van der Waals surface area contributed by atoms with Gasteiger partial charge in [0.25, 0.3) is 15.9 Å². The molecule has 1 amide bonds. The molecule has 0 unspecified atom stereocenters. The highest BCUT2D eigenvalue weighted by molar-refractivity contribution is 7.89. The van der Waals surface area contributed by atoms with E-state index in [9.17, 15) is 13.2 Å². The molecule has 24 heavy (non-hydrogen) atoms. The van der Waals surface area contributed by atoms with Gasteiger partial charge in [0.15, 0.2) is 5.76 Å². The minimum atomic E-state index is -3.97. The Hall–Kier alpha value is -2.16. The van der Waals surface area contributed by atoms with Gasteiger partial charge in [-0.15, -0.1) is 0 Å². The van der Waals surface area contributed by atoms with Crippen molar-refractivity contribution in [1.82, 2.24) is 4.90 Å². The molecule has 0 aliphatic carbocycles. The van der Waals surface area contributed by atoms with Gasteiger partial charge in [-0.25, -0.2) is 13.6 Å². The van der Waals surface area contributed by atoms with Crippen molar-refractivity contribution in [1.29, 1.82) is 0 Å². The summed E-state index contributed by atoms with van der Waals surface area (Å²) in [7, 11) is -3.97. The third kappa shape index (κ3) is 3.21. The fourth-order valence-electron chi connectivity index (χ4n) is 3.10. The zero-order valence-corrected chi connectivity index (χ0v) is 13.8. The molecule has 0 radical (unpaired) electrons. The van der Waals surface area contributed by atoms with E-state index in [1.54, 1.807) is 4.90 Å². The van der Waals surface area contributed by atoms with E-state index in [4.69, 9.17) is 15.3 Å². The van der Waals surface area contributed by atoms with Crippen LogP contribution in [-0.2, 0) is 10.0 Å². The zero-order chi connectivity index (χ0) is 17.3. The van der Waals surface area contributed by atoms with Crippen LogP contribution in [-0.4, -0.2) is 38.9 Å². The summed E-state index contributed by atoms with van der Waals surface area (Å²) in [6.07, 6.45) is 0. The highest BCUT2D eigenvalue weighted by atomic mass is 32.2. The molecular weight excluding hydrogens is 330 g/mol. The second-order valence-electron chi connectivity index (χ2n) is 5.89. The van der Waals surface area contributed by atoms with Crippen LogP contribution in [0.1, 0.15) is 22.0 Å². The smallest absolute Gasteiger partial charge is 0.289 e. The van der Waals surface area contributed by atoms with Crippen LogP contribution in [0.5, 0.6) is 0 Å². The first-order valence-electron chi connectivity index (χ1n) is 7.57. The van der Waals surface area contributed by atoms with Crippen LogP contribution < -0.4 is 10.9 Å². The van der Waals surface area contributed by atoms with Gasteiger partial charge in [0.1, 0.15) is 0 Å². The number of hydrogen-bond donors (Lipinski definition) is 2. The van der Waals surface area contributed by atoms with Crippen molar-refractivity contribution < 1.29 is 17.6 Å².